The largest absolute Gasteiger partial charge is 0.475 e. The van der Waals surface area contributed by atoms with Gasteiger partial charge in [0.25, 0.3) is 5.56 Å². The summed E-state index contributed by atoms with van der Waals surface area (Å²) < 4.78 is 94.3. The van der Waals surface area contributed by atoms with Gasteiger partial charge in [-0.25, -0.2) is 13.8 Å². The van der Waals surface area contributed by atoms with Gasteiger partial charge in [-0.05, 0) is 24.6 Å². The van der Waals surface area contributed by atoms with Gasteiger partial charge in [-0.2, -0.15) is 13.2 Å². The number of H-pyrrole nitrogens is 1. The molecule has 2 aliphatic heterocycles. The third-order valence-corrected chi connectivity index (χ3v) is 7.60. The molecule has 3 heterocycles. The molecule has 17 heteroatoms. The third kappa shape index (κ3) is 6.97. The third-order valence-electron chi connectivity index (χ3n) is 5.89. The van der Waals surface area contributed by atoms with Gasteiger partial charge < -0.3 is 9.47 Å². The Morgan fingerprint density at radius 3 is 2.72 bits per heavy atom. The van der Waals surface area contributed by atoms with Crippen molar-refractivity contribution >= 4 is 25.4 Å². The number of carbonyl (C=O) groups excluding carboxylic acids is 1. The predicted molar refractivity (Wildman–Crippen MR) is 125 cm³/mol. The Labute approximate surface area is 222 Å². The molecule has 0 aliphatic carbocycles. The normalized spacial score (nSPS) is 31.2. The average molecular weight is 601 g/mol. The molecule has 1 aromatic carbocycles. The molecule has 1 aromatic heterocycles. The maximum atomic E-state index is 16.0. The fraction of sp³-hybridized carbons (Fsp3) is 0.500. The van der Waals surface area contributed by atoms with Crippen molar-refractivity contribution in [3.05, 3.63) is 68.0 Å². The molecule has 4 rings (SSSR count). The van der Waals surface area contributed by atoms with E-state index in [1.165, 1.54) is 0 Å². The summed E-state index contributed by atoms with van der Waals surface area (Å²) in [4.78, 5) is 37.5. The van der Waals surface area contributed by atoms with Crippen LogP contribution in [-0.2, 0) is 32.4 Å². The van der Waals surface area contributed by atoms with Crippen LogP contribution in [0.3, 0.4) is 0 Å². The van der Waals surface area contributed by atoms with Gasteiger partial charge in [0.2, 0.25) is 0 Å². The van der Waals surface area contributed by atoms with Crippen LogP contribution >= 0.6 is 19.4 Å². The van der Waals surface area contributed by atoms with Crippen molar-refractivity contribution in [2.24, 2.45) is 0 Å². The number of rotatable bonds is 7. The number of ether oxygens (including phenoxy) is 2. The lowest BCUT2D eigenvalue weighted by Gasteiger charge is -2.30. The molecule has 0 spiro atoms. The molecule has 2 saturated heterocycles. The second-order valence-electron chi connectivity index (χ2n) is 8.91. The number of halogens is 5. The number of esters is 1. The number of phosphoric ester groups is 1. The molecule has 2 aliphatic rings. The molecule has 0 saturated carbocycles. The molecule has 6 atom stereocenters. The van der Waals surface area contributed by atoms with Gasteiger partial charge in [0, 0.05) is 23.7 Å². The molecule has 1 N–H and O–H groups in total. The van der Waals surface area contributed by atoms with Crippen LogP contribution in [0.1, 0.15) is 37.7 Å². The number of hydrogen-bond donors (Lipinski definition) is 1. The number of alkyl halides is 4. The van der Waals surface area contributed by atoms with Gasteiger partial charge in [-0.15, -0.1) is 0 Å². The molecule has 11 nitrogen and oxygen atoms in total. The Bertz CT molecular complexity index is 1380. The maximum absolute atomic E-state index is 16.0. The topological polar surface area (TPSA) is 135 Å². The number of nitrogens with one attached hydrogen (secondary N) is 1. The van der Waals surface area contributed by atoms with E-state index in [1.54, 1.807) is 24.3 Å². The zero-order valence-electron chi connectivity index (χ0n) is 20.1. The van der Waals surface area contributed by atoms with E-state index < -0.39 is 74.5 Å². The second-order valence-corrected chi connectivity index (χ2v) is 11.0. The smallest absolute Gasteiger partial charge is 0.456 e. The van der Waals surface area contributed by atoms with Crippen LogP contribution in [0, 0.1) is 0 Å². The van der Waals surface area contributed by atoms with E-state index in [2.05, 4.69) is 0 Å². The van der Waals surface area contributed by atoms with Crippen molar-refractivity contribution in [3.8, 4) is 0 Å². The highest BCUT2D eigenvalue weighted by Crippen LogP contribution is 2.57. The Morgan fingerprint density at radius 2 is 2.05 bits per heavy atom. The highest BCUT2D eigenvalue weighted by Gasteiger charge is 2.59. The molecule has 1 unspecified atom stereocenters. The zero-order valence-corrected chi connectivity index (χ0v) is 21.7. The van der Waals surface area contributed by atoms with Crippen LogP contribution in [0.25, 0.3) is 0 Å². The van der Waals surface area contributed by atoms with E-state index in [0.29, 0.717) is 15.2 Å². The lowest BCUT2D eigenvalue weighted by Crippen LogP contribution is -2.46. The molecule has 0 amide bonds. The summed E-state index contributed by atoms with van der Waals surface area (Å²) in [7, 11) is -4.33. The summed E-state index contributed by atoms with van der Waals surface area (Å²) in [6, 6.07) is 7.40. The van der Waals surface area contributed by atoms with Crippen LogP contribution < -0.4 is 11.2 Å². The number of benzene rings is 1. The van der Waals surface area contributed by atoms with Crippen molar-refractivity contribution in [2.75, 3.05) is 13.2 Å². The van der Waals surface area contributed by atoms with Gasteiger partial charge >= 0.3 is 25.7 Å². The molecular weight excluding hydrogens is 579 g/mol. The number of aromatic nitrogens is 2. The van der Waals surface area contributed by atoms with Crippen LogP contribution in [0.4, 0.5) is 17.6 Å². The van der Waals surface area contributed by atoms with Crippen molar-refractivity contribution < 1.29 is 50.0 Å². The van der Waals surface area contributed by atoms with Crippen LogP contribution in [0.15, 0.2) is 46.1 Å². The second kappa shape index (κ2) is 11.1. The van der Waals surface area contributed by atoms with Gasteiger partial charge in [0.15, 0.2) is 18.0 Å². The fourth-order valence-corrected chi connectivity index (χ4v) is 5.76. The van der Waals surface area contributed by atoms with E-state index in [1.807, 2.05) is 4.98 Å². The van der Waals surface area contributed by atoms with Crippen molar-refractivity contribution in [3.63, 3.8) is 0 Å². The van der Waals surface area contributed by atoms with Crippen molar-refractivity contribution in [2.45, 2.75) is 56.2 Å². The Hall–Kier alpha value is -2.55. The van der Waals surface area contributed by atoms with Crippen molar-refractivity contribution in [1.82, 2.24) is 9.55 Å². The van der Waals surface area contributed by atoms with Crippen molar-refractivity contribution in [1.29, 1.82) is 0 Å². The van der Waals surface area contributed by atoms with Crippen LogP contribution in [0.5, 0.6) is 0 Å². The first-order chi connectivity index (χ1) is 18.2. The predicted octanol–water partition coefficient (Wildman–Crippen LogP) is 3.98. The molecule has 0 radical (unpaired) electrons. The van der Waals surface area contributed by atoms with E-state index in [4.69, 9.17) is 34.6 Å². The summed E-state index contributed by atoms with van der Waals surface area (Å²) in [6.45, 7) is -0.0799. The molecule has 39 heavy (non-hydrogen) atoms. The average Bonchev–Trinajstić information content (AvgIpc) is 3.06. The summed E-state index contributed by atoms with van der Waals surface area (Å²) in [5.74, 6) is -1.82. The SMILES string of the molecule is C[C@@]1(F)[C@H](OC(=O)CC(F)(F)F)[C@@H](COP2(=O)OCC[C@@H](c3cccc(Cl)c3)O2)O[C@H]1n1ccc(=O)[nH]c1=O. The summed E-state index contributed by atoms with van der Waals surface area (Å²) >= 11 is 6.00. The molecule has 0 bridgehead atoms. The highest BCUT2D eigenvalue weighted by molar-refractivity contribution is 7.48. The summed E-state index contributed by atoms with van der Waals surface area (Å²) in [5, 5.41) is 0.395. The standard InChI is InChI=1S/C22H22ClF4N2O9P/c1-21(24)18(37-17(31)10-22(25,26)27)15(36-19(21)29-7-5-16(30)28-20(29)32)11-35-39(33)34-8-6-14(38-39)12-3-2-4-13(23)9-12/h2-5,7,9,14-15,18-19H,6,8,10-11H2,1H3,(H,28,30,32)/t14-,15+,18+,19+,21+,39?/m0/s1. The lowest BCUT2D eigenvalue weighted by atomic mass is 9.98. The minimum atomic E-state index is -4.95. The van der Waals surface area contributed by atoms with Crippen LogP contribution in [0.2, 0.25) is 5.02 Å². The van der Waals surface area contributed by atoms with E-state index in [0.717, 1.165) is 19.2 Å². The zero-order chi connectivity index (χ0) is 28.6. The first-order valence-corrected chi connectivity index (χ1v) is 13.3. The number of hydrogen-bond acceptors (Lipinski definition) is 9. The van der Waals surface area contributed by atoms with E-state index >= 15 is 4.39 Å². The minimum absolute atomic E-state index is 0.0692. The Morgan fingerprint density at radius 1 is 1.31 bits per heavy atom. The lowest BCUT2D eigenvalue weighted by molar-refractivity contribution is -0.182. The van der Waals surface area contributed by atoms with E-state index in [-0.39, 0.29) is 13.0 Å². The molecule has 2 fully saturated rings. The minimum Gasteiger partial charge on any atom is -0.456 e. The van der Waals surface area contributed by atoms with Gasteiger partial charge in [0.05, 0.1) is 19.3 Å². The summed E-state index contributed by atoms with van der Waals surface area (Å²) in [6.07, 6.45) is -12.2. The Balaban J connectivity index is 1.56. The Kier molecular flexibility index (Phi) is 8.41. The van der Waals surface area contributed by atoms with Gasteiger partial charge in [0.1, 0.15) is 12.5 Å². The first-order valence-electron chi connectivity index (χ1n) is 11.4. The molecular formula is C22H22ClF4N2O9P. The number of carbonyl (C=O) groups is 1. The van der Waals surface area contributed by atoms with Crippen LogP contribution in [-0.4, -0.2) is 52.8 Å². The summed E-state index contributed by atoms with van der Waals surface area (Å²) in [5.41, 5.74) is -4.15. The number of aromatic amines is 1. The van der Waals surface area contributed by atoms with Gasteiger partial charge in [-0.1, -0.05) is 23.7 Å². The quantitative estimate of drug-likeness (QED) is 0.284. The molecule has 2 aromatic rings. The monoisotopic (exact) mass is 600 g/mol. The first kappa shape index (κ1) is 29.4. The number of nitrogens with zero attached hydrogens (tertiary/aromatic N) is 1. The highest BCUT2D eigenvalue weighted by atomic mass is 35.5. The molecule has 214 valence electrons. The number of phosphoric acid groups is 1. The fourth-order valence-electron chi connectivity index (χ4n) is 4.17. The maximum Gasteiger partial charge on any atom is 0.475 e. The van der Waals surface area contributed by atoms with E-state index in [9.17, 15) is 32.1 Å². The van der Waals surface area contributed by atoms with Gasteiger partial charge in [-0.3, -0.25) is 32.7 Å².